The van der Waals surface area contributed by atoms with Gasteiger partial charge in [0.1, 0.15) is 0 Å². The molecule has 2 atom stereocenters. The number of alkyl halides is 1. The minimum absolute atomic E-state index is 0.138. The van der Waals surface area contributed by atoms with Crippen LogP contribution < -0.4 is 0 Å². The van der Waals surface area contributed by atoms with Gasteiger partial charge in [0.2, 0.25) is 0 Å². The predicted octanol–water partition coefficient (Wildman–Crippen LogP) is 0.0428. The van der Waals surface area contributed by atoms with Crippen molar-refractivity contribution in [2.24, 2.45) is 0 Å². The van der Waals surface area contributed by atoms with Crippen LogP contribution in [0.5, 0.6) is 0 Å². The van der Waals surface area contributed by atoms with Crippen LogP contribution in [0.25, 0.3) is 0 Å². The lowest BCUT2D eigenvalue weighted by Gasteiger charge is -2.21. The molecule has 0 saturated carbocycles. The Morgan fingerprint density at radius 1 is 1.50 bits per heavy atom. The maximum absolute atomic E-state index is 9.31. The molecule has 0 radical (unpaired) electrons. The third-order valence-corrected chi connectivity index (χ3v) is 2.56. The molecule has 0 aromatic rings. The topological polar surface area (TPSA) is 43.7 Å². The summed E-state index contributed by atoms with van der Waals surface area (Å²) in [6.07, 6.45) is 1.35. The molecule has 1 aliphatic heterocycles. The summed E-state index contributed by atoms with van der Waals surface area (Å²) < 4.78 is 0. The number of hydrogen-bond donors (Lipinski definition) is 2. The van der Waals surface area contributed by atoms with Crippen LogP contribution in [0.1, 0.15) is 12.8 Å². The van der Waals surface area contributed by atoms with E-state index in [9.17, 15) is 5.11 Å². The third kappa shape index (κ3) is 2.59. The molecule has 0 bridgehead atoms. The molecule has 0 spiro atoms. The SMILES string of the molecule is OCC1CC(O)CN1CCCCl. The fraction of sp³-hybridized carbons (Fsp3) is 1.00. The number of likely N-dealkylation sites (tertiary alicyclic amines) is 1. The summed E-state index contributed by atoms with van der Waals surface area (Å²) in [6, 6.07) is 0.142. The summed E-state index contributed by atoms with van der Waals surface area (Å²) in [5, 5.41) is 18.3. The average molecular weight is 194 g/mol. The highest BCUT2D eigenvalue weighted by atomic mass is 35.5. The van der Waals surface area contributed by atoms with Gasteiger partial charge in [0.05, 0.1) is 12.7 Å². The van der Waals surface area contributed by atoms with Crippen LogP contribution in [0.15, 0.2) is 0 Å². The molecule has 0 aromatic carbocycles. The summed E-state index contributed by atoms with van der Waals surface area (Å²) >= 11 is 5.56. The van der Waals surface area contributed by atoms with Crippen LogP contribution in [0.2, 0.25) is 0 Å². The number of nitrogens with zero attached hydrogens (tertiary/aromatic N) is 1. The molecule has 0 aliphatic carbocycles. The minimum Gasteiger partial charge on any atom is -0.395 e. The summed E-state index contributed by atoms with van der Waals surface area (Å²) in [6.45, 7) is 1.70. The lowest BCUT2D eigenvalue weighted by Crippen LogP contribution is -2.33. The molecule has 1 fully saturated rings. The minimum atomic E-state index is -0.266. The monoisotopic (exact) mass is 193 g/mol. The van der Waals surface area contributed by atoms with Crippen molar-refractivity contribution in [3.05, 3.63) is 0 Å². The first-order valence-corrected chi connectivity index (χ1v) is 4.90. The molecule has 12 heavy (non-hydrogen) atoms. The number of β-amino-alcohol motifs (C(OH)–C–C–N with tert-alkyl or cyclic N) is 1. The Morgan fingerprint density at radius 2 is 2.25 bits per heavy atom. The standard InChI is InChI=1S/C8H16ClNO2/c9-2-1-3-10-5-8(12)4-7(10)6-11/h7-8,11-12H,1-6H2. The van der Waals surface area contributed by atoms with Gasteiger partial charge in [0.15, 0.2) is 0 Å². The molecule has 3 nitrogen and oxygen atoms in total. The van der Waals surface area contributed by atoms with E-state index in [1.165, 1.54) is 0 Å². The number of hydrogen-bond acceptors (Lipinski definition) is 3. The van der Waals surface area contributed by atoms with Gasteiger partial charge in [-0.25, -0.2) is 0 Å². The van der Waals surface area contributed by atoms with Crippen molar-refractivity contribution in [3.8, 4) is 0 Å². The Kier molecular flexibility index (Phi) is 4.29. The number of halogens is 1. The first-order chi connectivity index (χ1) is 5.77. The van der Waals surface area contributed by atoms with E-state index in [-0.39, 0.29) is 18.8 Å². The maximum Gasteiger partial charge on any atom is 0.0683 e. The van der Waals surface area contributed by atoms with Gasteiger partial charge in [-0.1, -0.05) is 0 Å². The van der Waals surface area contributed by atoms with Crippen molar-refractivity contribution in [2.75, 3.05) is 25.6 Å². The summed E-state index contributed by atoms with van der Waals surface area (Å²) in [4.78, 5) is 2.10. The van der Waals surface area contributed by atoms with E-state index in [1.807, 2.05) is 0 Å². The Hall–Kier alpha value is 0.170. The van der Waals surface area contributed by atoms with Gasteiger partial charge in [-0.3, -0.25) is 4.90 Å². The van der Waals surface area contributed by atoms with Gasteiger partial charge in [-0.2, -0.15) is 0 Å². The van der Waals surface area contributed by atoms with E-state index in [0.717, 1.165) is 13.0 Å². The zero-order valence-electron chi connectivity index (χ0n) is 7.12. The quantitative estimate of drug-likeness (QED) is 0.620. The van der Waals surface area contributed by atoms with E-state index < -0.39 is 0 Å². The number of aliphatic hydroxyl groups excluding tert-OH is 2. The largest absolute Gasteiger partial charge is 0.395 e. The summed E-state index contributed by atoms with van der Waals surface area (Å²) in [5.74, 6) is 0.644. The molecule has 1 saturated heterocycles. The molecule has 2 unspecified atom stereocenters. The predicted molar refractivity (Wildman–Crippen MR) is 48.4 cm³/mol. The lowest BCUT2D eigenvalue weighted by molar-refractivity contribution is 0.156. The smallest absolute Gasteiger partial charge is 0.0683 e. The first-order valence-electron chi connectivity index (χ1n) is 4.37. The maximum atomic E-state index is 9.31. The van der Waals surface area contributed by atoms with Gasteiger partial charge in [0, 0.05) is 18.5 Å². The van der Waals surface area contributed by atoms with Crippen LogP contribution in [-0.2, 0) is 0 Å². The van der Waals surface area contributed by atoms with Crippen molar-refractivity contribution < 1.29 is 10.2 Å². The molecule has 0 aromatic heterocycles. The van der Waals surface area contributed by atoms with Gasteiger partial charge in [0.25, 0.3) is 0 Å². The van der Waals surface area contributed by atoms with Gasteiger partial charge in [-0.05, 0) is 19.4 Å². The van der Waals surface area contributed by atoms with Crippen molar-refractivity contribution in [1.29, 1.82) is 0 Å². The second kappa shape index (κ2) is 5.02. The highest BCUT2D eigenvalue weighted by Crippen LogP contribution is 2.17. The summed E-state index contributed by atoms with van der Waals surface area (Å²) in [7, 11) is 0. The van der Waals surface area contributed by atoms with E-state index >= 15 is 0 Å². The Morgan fingerprint density at radius 3 is 2.83 bits per heavy atom. The Bertz CT molecular complexity index is 134. The third-order valence-electron chi connectivity index (χ3n) is 2.30. The van der Waals surface area contributed by atoms with Gasteiger partial charge < -0.3 is 10.2 Å². The lowest BCUT2D eigenvalue weighted by atomic mass is 10.2. The molecule has 72 valence electrons. The van der Waals surface area contributed by atoms with Crippen LogP contribution in [0.3, 0.4) is 0 Å². The highest BCUT2D eigenvalue weighted by Gasteiger charge is 2.29. The molecule has 1 aliphatic rings. The van der Waals surface area contributed by atoms with Gasteiger partial charge in [-0.15, -0.1) is 11.6 Å². The Labute approximate surface area is 77.9 Å². The zero-order valence-corrected chi connectivity index (χ0v) is 7.87. The molecule has 2 N–H and O–H groups in total. The first kappa shape index (κ1) is 10.3. The normalized spacial score (nSPS) is 31.2. The zero-order chi connectivity index (χ0) is 8.97. The van der Waals surface area contributed by atoms with E-state index in [2.05, 4.69) is 4.90 Å². The van der Waals surface area contributed by atoms with Crippen molar-refractivity contribution in [2.45, 2.75) is 25.0 Å². The molecule has 4 heteroatoms. The highest BCUT2D eigenvalue weighted by molar-refractivity contribution is 6.17. The molecule has 1 heterocycles. The molecular formula is C8H16ClNO2. The van der Waals surface area contributed by atoms with Crippen LogP contribution in [0.4, 0.5) is 0 Å². The van der Waals surface area contributed by atoms with E-state index in [4.69, 9.17) is 16.7 Å². The number of rotatable bonds is 4. The van der Waals surface area contributed by atoms with E-state index in [0.29, 0.717) is 18.8 Å². The molecule has 1 rings (SSSR count). The molecular weight excluding hydrogens is 178 g/mol. The average Bonchev–Trinajstić information content (AvgIpc) is 2.42. The second-order valence-corrected chi connectivity index (χ2v) is 3.64. The van der Waals surface area contributed by atoms with Crippen LogP contribution in [0, 0.1) is 0 Å². The van der Waals surface area contributed by atoms with Crippen molar-refractivity contribution in [3.63, 3.8) is 0 Å². The van der Waals surface area contributed by atoms with Gasteiger partial charge >= 0.3 is 0 Å². The fourth-order valence-electron chi connectivity index (χ4n) is 1.68. The van der Waals surface area contributed by atoms with E-state index in [1.54, 1.807) is 0 Å². The van der Waals surface area contributed by atoms with Crippen molar-refractivity contribution in [1.82, 2.24) is 4.90 Å². The number of aliphatic hydroxyl groups is 2. The Balaban J connectivity index is 2.30. The van der Waals surface area contributed by atoms with Crippen LogP contribution >= 0.6 is 11.6 Å². The summed E-state index contributed by atoms with van der Waals surface area (Å²) in [5.41, 5.74) is 0. The molecule has 0 amide bonds. The second-order valence-electron chi connectivity index (χ2n) is 3.26. The fourth-order valence-corrected chi connectivity index (χ4v) is 1.80. The van der Waals surface area contributed by atoms with Crippen molar-refractivity contribution >= 4 is 11.6 Å². The van der Waals surface area contributed by atoms with Crippen LogP contribution in [-0.4, -0.2) is 52.8 Å².